The highest BCUT2D eigenvalue weighted by Crippen LogP contribution is 2.32. The van der Waals surface area contributed by atoms with Crippen LogP contribution in [0.3, 0.4) is 0 Å². The number of nitrogens with zero attached hydrogens (tertiary/aromatic N) is 1. The summed E-state index contributed by atoms with van der Waals surface area (Å²) in [7, 11) is 1.51. The first-order chi connectivity index (χ1) is 9.71. The van der Waals surface area contributed by atoms with Crippen molar-refractivity contribution in [3.8, 4) is 0 Å². The van der Waals surface area contributed by atoms with Crippen molar-refractivity contribution in [1.29, 1.82) is 0 Å². The summed E-state index contributed by atoms with van der Waals surface area (Å²) in [6.45, 7) is 2.30. The first-order valence-electron chi connectivity index (χ1n) is 6.47. The summed E-state index contributed by atoms with van der Waals surface area (Å²) in [4.78, 5) is 13.6. The molecule has 1 amide bonds. The van der Waals surface area contributed by atoms with Crippen LogP contribution in [0.25, 0.3) is 0 Å². The topological polar surface area (TPSA) is 29.5 Å². The lowest BCUT2D eigenvalue weighted by Gasteiger charge is -2.27. The normalized spacial score (nSPS) is 22.4. The van der Waals surface area contributed by atoms with E-state index >= 15 is 0 Å². The molecule has 0 aliphatic carbocycles. The van der Waals surface area contributed by atoms with Gasteiger partial charge >= 0.3 is 6.18 Å². The van der Waals surface area contributed by atoms with Crippen LogP contribution in [0.5, 0.6) is 0 Å². The Bertz CT molecular complexity index is 544. The maximum Gasteiger partial charge on any atom is 0.419 e. The fraction of sp³-hybridized carbons (Fsp3) is 0.500. The third-order valence-corrected chi connectivity index (χ3v) is 3.67. The van der Waals surface area contributed by atoms with Crippen molar-refractivity contribution in [3.63, 3.8) is 0 Å². The number of hydrogen-bond acceptors (Lipinski definition) is 2. The van der Waals surface area contributed by atoms with Gasteiger partial charge in [0.1, 0.15) is 5.82 Å². The van der Waals surface area contributed by atoms with E-state index in [0.29, 0.717) is 25.2 Å². The van der Waals surface area contributed by atoms with Crippen LogP contribution in [0.1, 0.15) is 29.3 Å². The van der Waals surface area contributed by atoms with E-state index in [1.807, 2.05) is 0 Å². The maximum absolute atomic E-state index is 13.2. The monoisotopic (exact) mass is 305 g/mol. The minimum Gasteiger partial charge on any atom is -0.376 e. The zero-order valence-corrected chi connectivity index (χ0v) is 11.6. The minimum absolute atomic E-state index is 0.179. The quantitative estimate of drug-likeness (QED) is 0.786. The summed E-state index contributed by atoms with van der Waals surface area (Å²) >= 11 is 0. The van der Waals surface area contributed by atoms with Crippen LogP contribution in [-0.4, -0.2) is 36.6 Å². The van der Waals surface area contributed by atoms with Gasteiger partial charge in [-0.25, -0.2) is 4.39 Å². The van der Waals surface area contributed by atoms with Crippen LogP contribution < -0.4 is 0 Å². The lowest BCUT2D eigenvalue weighted by atomic mass is 10.1. The van der Waals surface area contributed by atoms with Crippen LogP contribution in [-0.2, 0) is 10.9 Å². The first-order valence-corrected chi connectivity index (χ1v) is 6.47. The minimum atomic E-state index is -4.83. The van der Waals surface area contributed by atoms with Gasteiger partial charge in [0.05, 0.1) is 17.7 Å². The Morgan fingerprint density at radius 3 is 2.57 bits per heavy atom. The van der Waals surface area contributed by atoms with Gasteiger partial charge in [0, 0.05) is 19.2 Å². The van der Waals surface area contributed by atoms with Gasteiger partial charge in [-0.1, -0.05) is 0 Å². The molecule has 2 unspecified atom stereocenters. The third kappa shape index (κ3) is 3.18. The lowest BCUT2D eigenvalue weighted by Crippen LogP contribution is -2.41. The molecule has 116 valence electrons. The molecule has 0 bridgehead atoms. The summed E-state index contributed by atoms with van der Waals surface area (Å²) in [5.41, 5.74) is -1.62. The van der Waals surface area contributed by atoms with Gasteiger partial charge in [-0.3, -0.25) is 4.79 Å². The second-order valence-corrected chi connectivity index (χ2v) is 5.04. The Balaban J connectivity index is 2.27. The van der Waals surface area contributed by atoms with Crippen molar-refractivity contribution in [1.82, 2.24) is 4.90 Å². The van der Waals surface area contributed by atoms with Crippen LogP contribution in [0, 0.1) is 5.82 Å². The molecule has 0 aromatic heterocycles. The summed E-state index contributed by atoms with van der Waals surface area (Å²) in [6.07, 6.45) is -4.39. The molecule has 2 atom stereocenters. The number of carbonyl (C=O) groups is 1. The highest BCUT2D eigenvalue weighted by molar-refractivity contribution is 5.94. The molecule has 3 nitrogen and oxygen atoms in total. The molecule has 1 aromatic carbocycles. The van der Waals surface area contributed by atoms with Crippen molar-refractivity contribution in [2.45, 2.75) is 31.7 Å². The van der Waals surface area contributed by atoms with Gasteiger partial charge in [-0.05, 0) is 31.5 Å². The fourth-order valence-corrected chi connectivity index (χ4v) is 2.46. The smallest absolute Gasteiger partial charge is 0.376 e. The highest BCUT2D eigenvalue weighted by Gasteiger charge is 2.36. The Morgan fingerprint density at radius 1 is 1.38 bits per heavy atom. The molecule has 21 heavy (non-hydrogen) atoms. The second kappa shape index (κ2) is 5.63. The zero-order chi connectivity index (χ0) is 15.8. The van der Waals surface area contributed by atoms with Crippen molar-refractivity contribution in [2.24, 2.45) is 0 Å². The van der Waals surface area contributed by atoms with Crippen LogP contribution in [0.15, 0.2) is 18.2 Å². The summed E-state index contributed by atoms with van der Waals surface area (Å²) < 4.78 is 56.6. The van der Waals surface area contributed by atoms with Gasteiger partial charge in [-0.15, -0.1) is 0 Å². The van der Waals surface area contributed by atoms with E-state index in [1.54, 1.807) is 6.92 Å². The maximum atomic E-state index is 13.2. The van der Waals surface area contributed by atoms with E-state index in [2.05, 4.69) is 0 Å². The van der Waals surface area contributed by atoms with Crippen LogP contribution in [0.4, 0.5) is 17.6 Å². The number of carbonyl (C=O) groups excluding carboxylic acids is 1. The Labute approximate surface area is 119 Å². The largest absolute Gasteiger partial charge is 0.419 e. The van der Waals surface area contributed by atoms with Crippen molar-refractivity contribution >= 4 is 5.91 Å². The molecular formula is C14H15F4NO2. The number of amides is 1. The molecule has 1 aliphatic heterocycles. The Kier molecular flexibility index (Phi) is 4.22. The summed E-state index contributed by atoms with van der Waals surface area (Å²) in [6, 6.07) is 2.08. The average Bonchev–Trinajstić information content (AvgIpc) is 2.82. The van der Waals surface area contributed by atoms with Crippen LogP contribution >= 0.6 is 0 Å². The number of likely N-dealkylation sites (N-methyl/N-ethyl adjacent to an activating group) is 1. The van der Waals surface area contributed by atoms with Gasteiger partial charge in [0.2, 0.25) is 0 Å². The molecule has 7 heteroatoms. The molecular weight excluding hydrogens is 290 g/mol. The van der Waals surface area contributed by atoms with E-state index in [9.17, 15) is 22.4 Å². The van der Waals surface area contributed by atoms with Gasteiger partial charge in [0.15, 0.2) is 0 Å². The molecule has 1 aliphatic rings. The molecule has 0 saturated carbocycles. The molecule has 2 rings (SSSR count). The van der Waals surface area contributed by atoms with Crippen molar-refractivity contribution < 1.29 is 27.1 Å². The molecule has 1 saturated heterocycles. The Morgan fingerprint density at radius 2 is 2.05 bits per heavy atom. The molecule has 0 radical (unpaired) electrons. The first kappa shape index (κ1) is 15.8. The second-order valence-electron chi connectivity index (χ2n) is 5.04. The van der Waals surface area contributed by atoms with Crippen molar-refractivity contribution in [3.05, 3.63) is 35.1 Å². The number of ether oxygens (including phenoxy) is 1. The summed E-state index contributed by atoms with van der Waals surface area (Å²) in [5, 5.41) is 0. The van der Waals surface area contributed by atoms with Crippen LogP contribution in [0.2, 0.25) is 0 Å². The van der Waals surface area contributed by atoms with Gasteiger partial charge < -0.3 is 9.64 Å². The SMILES string of the molecule is CC1OCCC1N(C)C(=O)c1ccc(F)c(C(F)(F)F)c1. The highest BCUT2D eigenvalue weighted by atomic mass is 19.4. The molecule has 1 aromatic rings. The molecule has 0 spiro atoms. The predicted molar refractivity (Wildman–Crippen MR) is 67.3 cm³/mol. The predicted octanol–water partition coefficient (Wildman–Crippen LogP) is 3.09. The number of hydrogen-bond donors (Lipinski definition) is 0. The molecule has 1 fully saturated rings. The van der Waals surface area contributed by atoms with E-state index in [-0.39, 0.29) is 17.7 Å². The molecule has 0 N–H and O–H groups in total. The number of halogens is 4. The zero-order valence-electron chi connectivity index (χ0n) is 11.6. The molecule has 1 heterocycles. The van der Waals surface area contributed by atoms with E-state index in [1.165, 1.54) is 11.9 Å². The van der Waals surface area contributed by atoms with Gasteiger partial charge in [0.25, 0.3) is 5.91 Å². The lowest BCUT2D eigenvalue weighted by molar-refractivity contribution is -0.140. The number of alkyl halides is 3. The van der Waals surface area contributed by atoms with Gasteiger partial charge in [-0.2, -0.15) is 13.2 Å². The number of rotatable bonds is 2. The number of benzene rings is 1. The van der Waals surface area contributed by atoms with E-state index < -0.39 is 23.5 Å². The summed E-state index contributed by atoms with van der Waals surface area (Å²) in [5.74, 6) is -1.97. The van der Waals surface area contributed by atoms with Crippen molar-refractivity contribution in [2.75, 3.05) is 13.7 Å². The van der Waals surface area contributed by atoms with E-state index in [4.69, 9.17) is 4.74 Å². The van der Waals surface area contributed by atoms with E-state index in [0.717, 1.165) is 6.07 Å². The standard InChI is InChI=1S/C14H15F4NO2/c1-8-12(5-6-21-8)19(2)13(20)9-3-4-11(15)10(7-9)14(16,17)18/h3-4,7-8,12H,5-6H2,1-2H3. The third-order valence-electron chi connectivity index (χ3n) is 3.67. The average molecular weight is 305 g/mol. The Hall–Kier alpha value is -1.63. The fourth-order valence-electron chi connectivity index (χ4n) is 2.46.